The predicted molar refractivity (Wildman–Crippen MR) is 62.3 cm³/mol. The van der Waals surface area contributed by atoms with Crippen molar-refractivity contribution in [1.29, 1.82) is 0 Å². The average Bonchev–Trinajstić information content (AvgIpc) is 2.33. The highest BCUT2D eigenvalue weighted by molar-refractivity contribution is 6.20. The molecule has 1 saturated heterocycles. The Hall–Kier alpha value is -1.06. The maximum Gasteiger partial charge on any atom is 0.357 e. The largest absolute Gasteiger partial charge is 0.364 e. The first-order valence-electron chi connectivity index (χ1n) is 5.42. The molecule has 0 atom stereocenters. The maximum atomic E-state index is 11.7. The molecule has 16 heavy (non-hydrogen) atoms. The lowest BCUT2D eigenvalue weighted by Gasteiger charge is -2.27. The van der Waals surface area contributed by atoms with Crippen LogP contribution in [0.5, 0.6) is 0 Å². The zero-order chi connectivity index (χ0) is 11.4. The molecule has 0 aliphatic carbocycles. The topological polar surface area (TPSA) is 29.5 Å². The summed E-state index contributed by atoms with van der Waals surface area (Å²) in [4.78, 5) is 17.0. The van der Waals surface area contributed by atoms with Crippen molar-refractivity contribution in [3.05, 3.63) is 35.9 Å². The fraction of sp³-hybridized carbons (Fsp3) is 0.417. The van der Waals surface area contributed by atoms with Crippen molar-refractivity contribution in [3.63, 3.8) is 0 Å². The van der Waals surface area contributed by atoms with Crippen LogP contribution in [0.2, 0.25) is 0 Å². The summed E-state index contributed by atoms with van der Waals surface area (Å²) in [6, 6.07) is 9.01. The number of rotatable bonds is 2. The molecule has 1 fully saturated rings. The van der Waals surface area contributed by atoms with Gasteiger partial charge >= 0.3 is 5.97 Å². The van der Waals surface area contributed by atoms with Crippen LogP contribution in [0.4, 0.5) is 0 Å². The van der Waals surface area contributed by atoms with E-state index in [9.17, 15) is 4.79 Å². The molecule has 0 amide bonds. The van der Waals surface area contributed by atoms with E-state index >= 15 is 0 Å². The normalized spacial score (nSPS) is 18.3. The number of piperidine rings is 1. The number of carbonyl (C=O) groups is 1. The van der Waals surface area contributed by atoms with E-state index in [0.29, 0.717) is 18.7 Å². The second-order valence-electron chi connectivity index (χ2n) is 3.85. The molecular weight excluding hydrogens is 226 g/mol. The van der Waals surface area contributed by atoms with Gasteiger partial charge < -0.3 is 4.84 Å². The van der Waals surface area contributed by atoms with E-state index in [-0.39, 0.29) is 11.3 Å². The zero-order valence-corrected chi connectivity index (χ0v) is 9.69. The van der Waals surface area contributed by atoms with Crippen LogP contribution in [0.15, 0.2) is 30.3 Å². The third-order valence-electron chi connectivity index (χ3n) is 2.60. The molecule has 0 N–H and O–H groups in total. The van der Waals surface area contributed by atoms with E-state index in [2.05, 4.69) is 0 Å². The quantitative estimate of drug-likeness (QED) is 0.743. The molecule has 1 aliphatic heterocycles. The van der Waals surface area contributed by atoms with Crippen molar-refractivity contribution in [2.75, 3.05) is 13.1 Å². The summed E-state index contributed by atoms with van der Waals surface area (Å²) in [7, 11) is 0. The van der Waals surface area contributed by atoms with Gasteiger partial charge in [0.05, 0.1) is 5.56 Å². The molecule has 0 saturated carbocycles. The summed E-state index contributed by atoms with van der Waals surface area (Å²) in [6.07, 6.45) is 1.73. The standard InChI is InChI=1S/C12H14ClNO2/c13-11-6-8-14(9-7-11)16-12(15)10-4-2-1-3-5-10/h1-5,11H,6-9H2. The van der Waals surface area contributed by atoms with Gasteiger partial charge in [0, 0.05) is 18.5 Å². The third-order valence-corrected chi connectivity index (χ3v) is 3.04. The summed E-state index contributed by atoms with van der Waals surface area (Å²) >= 11 is 5.97. The molecule has 1 heterocycles. The highest BCUT2D eigenvalue weighted by Crippen LogP contribution is 2.16. The number of carbonyl (C=O) groups excluding carboxylic acids is 1. The lowest BCUT2D eigenvalue weighted by atomic mass is 10.2. The summed E-state index contributed by atoms with van der Waals surface area (Å²) in [5, 5.41) is 1.90. The average molecular weight is 240 g/mol. The molecule has 86 valence electrons. The predicted octanol–water partition coefficient (Wildman–Crippen LogP) is 2.46. The Kier molecular flexibility index (Phi) is 3.80. The molecule has 1 aliphatic rings. The lowest BCUT2D eigenvalue weighted by Crippen LogP contribution is -2.35. The monoisotopic (exact) mass is 239 g/mol. The van der Waals surface area contributed by atoms with Crippen LogP contribution in [0.3, 0.4) is 0 Å². The summed E-state index contributed by atoms with van der Waals surface area (Å²) in [5.74, 6) is -0.298. The number of hydroxylamine groups is 2. The van der Waals surface area contributed by atoms with Gasteiger partial charge in [-0.05, 0) is 25.0 Å². The molecule has 0 spiro atoms. The minimum absolute atomic E-state index is 0.215. The highest BCUT2D eigenvalue weighted by Gasteiger charge is 2.20. The highest BCUT2D eigenvalue weighted by atomic mass is 35.5. The van der Waals surface area contributed by atoms with E-state index in [0.717, 1.165) is 12.8 Å². The van der Waals surface area contributed by atoms with E-state index in [1.54, 1.807) is 17.2 Å². The van der Waals surface area contributed by atoms with Gasteiger partial charge in [-0.1, -0.05) is 18.2 Å². The Morgan fingerprint density at radius 2 is 1.88 bits per heavy atom. The number of hydrogen-bond donors (Lipinski definition) is 0. The first-order chi connectivity index (χ1) is 7.75. The van der Waals surface area contributed by atoms with Crippen molar-refractivity contribution >= 4 is 17.6 Å². The first kappa shape index (κ1) is 11.4. The SMILES string of the molecule is O=C(ON1CCC(Cl)CC1)c1ccccc1. The molecule has 1 aromatic rings. The Bertz CT molecular complexity index is 347. The molecule has 0 bridgehead atoms. The van der Waals surface area contributed by atoms with Gasteiger partial charge in [-0.3, -0.25) is 0 Å². The number of benzene rings is 1. The maximum absolute atomic E-state index is 11.7. The minimum atomic E-state index is -0.298. The van der Waals surface area contributed by atoms with Crippen molar-refractivity contribution < 1.29 is 9.63 Å². The molecule has 3 nitrogen and oxygen atoms in total. The van der Waals surface area contributed by atoms with Gasteiger partial charge in [0.25, 0.3) is 0 Å². The van der Waals surface area contributed by atoms with Crippen molar-refractivity contribution in [1.82, 2.24) is 5.06 Å². The van der Waals surface area contributed by atoms with Crippen LogP contribution in [-0.4, -0.2) is 29.5 Å². The second kappa shape index (κ2) is 5.32. The Morgan fingerprint density at radius 1 is 1.25 bits per heavy atom. The Labute approximate surface area is 99.9 Å². The van der Waals surface area contributed by atoms with Crippen LogP contribution in [0.1, 0.15) is 23.2 Å². The minimum Gasteiger partial charge on any atom is -0.364 e. The zero-order valence-electron chi connectivity index (χ0n) is 8.93. The Balaban J connectivity index is 1.88. The van der Waals surface area contributed by atoms with Crippen LogP contribution in [0, 0.1) is 0 Å². The fourth-order valence-corrected chi connectivity index (χ4v) is 1.85. The molecular formula is C12H14ClNO2. The van der Waals surface area contributed by atoms with Crippen LogP contribution in [-0.2, 0) is 4.84 Å². The van der Waals surface area contributed by atoms with Crippen LogP contribution >= 0.6 is 11.6 Å². The van der Waals surface area contributed by atoms with Gasteiger partial charge in [0.2, 0.25) is 0 Å². The van der Waals surface area contributed by atoms with Gasteiger partial charge in [-0.15, -0.1) is 16.7 Å². The fourth-order valence-electron chi connectivity index (χ4n) is 1.66. The molecule has 2 rings (SSSR count). The molecule has 1 aromatic carbocycles. The number of halogens is 1. The summed E-state index contributed by atoms with van der Waals surface area (Å²) in [6.45, 7) is 1.43. The molecule has 0 aromatic heterocycles. The summed E-state index contributed by atoms with van der Waals surface area (Å²) < 4.78 is 0. The van der Waals surface area contributed by atoms with Gasteiger partial charge in [-0.2, -0.15) is 0 Å². The van der Waals surface area contributed by atoms with Crippen LogP contribution < -0.4 is 0 Å². The summed E-state index contributed by atoms with van der Waals surface area (Å²) in [5.41, 5.74) is 0.579. The Morgan fingerprint density at radius 3 is 2.50 bits per heavy atom. The van der Waals surface area contributed by atoms with E-state index < -0.39 is 0 Å². The van der Waals surface area contributed by atoms with Crippen molar-refractivity contribution in [3.8, 4) is 0 Å². The molecule has 0 radical (unpaired) electrons. The first-order valence-corrected chi connectivity index (χ1v) is 5.86. The van der Waals surface area contributed by atoms with E-state index in [1.807, 2.05) is 18.2 Å². The van der Waals surface area contributed by atoms with Crippen molar-refractivity contribution in [2.24, 2.45) is 0 Å². The number of nitrogens with zero attached hydrogens (tertiary/aromatic N) is 1. The van der Waals surface area contributed by atoms with E-state index in [4.69, 9.17) is 16.4 Å². The lowest BCUT2D eigenvalue weighted by molar-refractivity contribution is -0.118. The number of hydrogen-bond acceptors (Lipinski definition) is 3. The second-order valence-corrected chi connectivity index (χ2v) is 4.47. The smallest absolute Gasteiger partial charge is 0.357 e. The van der Waals surface area contributed by atoms with Gasteiger partial charge in [0.1, 0.15) is 0 Å². The van der Waals surface area contributed by atoms with E-state index in [1.165, 1.54) is 0 Å². The third kappa shape index (κ3) is 2.97. The molecule has 4 heteroatoms. The van der Waals surface area contributed by atoms with Gasteiger partial charge in [0.15, 0.2) is 0 Å². The number of alkyl halides is 1. The van der Waals surface area contributed by atoms with Gasteiger partial charge in [-0.25, -0.2) is 4.79 Å². The van der Waals surface area contributed by atoms with Crippen molar-refractivity contribution in [2.45, 2.75) is 18.2 Å². The van der Waals surface area contributed by atoms with Crippen LogP contribution in [0.25, 0.3) is 0 Å². The molecule has 0 unspecified atom stereocenters.